The molecule has 0 unspecified atom stereocenters. The third-order valence-corrected chi connectivity index (χ3v) is 3.43. The molecule has 19 heavy (non-hydrogen) atoms. The van der Waals surface area contributed by atoms with Crippen LogP contribution in [-0.2, 0) is 11.3 Å². The van der Waals surface area contributed by atoms with E-state index < -0.39 is 23.1 Å². The number of hydrogen-bond donors (Lipinski definition) is 2. The van der Waals surface area contributed by atoms with E-state index in [9.17, 15) is 18.7 Å². The fourth-order valence-corrected chi connectivity index (χ4v) is 2.37. The van der Waals surface area contributed by atoms with Gasteiger partial charge in [-0.25, -0.2) is 8.78 Å². The van der Waals surface area contributed by atoms with Crippen LogP contribution in [0.3, 0.4) is 0 Å². The molecule has 4 nitrogen and oxygen atoms in total. The summed E-state index contributed by atoms with van der Waals surface area (Å²) in [6.07, 6.45) is 0.876. The van der Waals surface area contributed by atoms with E-state index in [1.807, 2.05) is 0 Å². The third kappa shape index (κ3) is 2.90. The van der Waals surface area contributed by atoms with Gasteiger partial charge in [-0.05, 0) is 25.5 Å². The molecule has 0 spiro atoms. The molecule has 1 saturated heterocycles. The number of primary amides is 1. The summed E-state index contributed by atoms with van der Waals surface area (Å²) in [5.41, 5.74) is 3.78. The summed E-state index contributed by atoms with van der Waals surface area (Å²) >= 11 is 0. The number of hydrogen-bond acceptors (Lipinski definition) is 3. The van der Waals surface area contributed by atoms with Crippen molar-refractivity contribution in [3.8, 4) is 0 Å². The molecule has 1 amide bonds. The molecule has 1 aliphatic heterocycles. The topological polar surface area (TPSA) is 66.6 Å². The lowest BCUT2D eigenvalue weighted by Gasteiger charge is -2.37. The molecule has 0 radical (unpaired) electrons. The van der Waals surface area contributed by atoms with Crippen LogP contribution in [0.1, 0.15) is 18.4 Å². The van der Waals surface area contributed by atoms with Crippen LogP contribution >= 0.6 is 0 Å². The number of likely N-dealkylation sites (tertiary alicyclic amines) is 1. The van der Waals surface area contributed by atoms with E-state index in [4.69, 9.17) is 5.73 Å². The smallest absolute Gasteiger partial charge is 0.250 e. The zero-order valence-electron chi connectivity index (χ0n) is 10.4. The number of nitrogens with two attached hydrogens (primary N) is 1. The first-order valence-electron chi connectivity index (χ1n) is 6.10. The van der Waals surface area contributed by atoms with E-state index in [2.05, 4.69) is 0 Å². The van der Waals surface area contributed by atoms with Crippen molar-refractivity contribution < 1.29 is 18.7 Å². The van der Waals surface area contributed by atoms with Gasteiger partial charge < -0.3 is 10.8 Å². The van der Waals surface area contributed by atoms with Gasteiger partial charge in [0.15, 0.2) is 17.2 Å². The molecule has 3 N–H and O–H groups in total. The highest BCUT2D eigenvalue weighted by Gasteiger charge is 2.38. The summed E-state index contributed by atoms with van der Waals surface area (Å²) in [4.78, 5) is 12.9. The number of nitrogens with zero attached hydrogens (tertiary/aromatic N) is 1. The molecule has 0 aliphatic carbocycles. The van der Waals surface area contributed by atoms with Gasteiger partial charge in [0.1, 0.15) is 0 Å². The van der Waals surface area contributed by atoms with E-state index in [0.29, 0.717) is 19.4 Å². The summed E-state index contributed by atoms with van der Waals surface area (Å²) in [7, 11) is 0. The van der Waals surface area contributed by atoms with Crippen LogP contribution in [0.15, 0.2) is 18.2 Å². The highest BCUT2D eigenvalue weighted by Crippen LogP contribution is 2.23. The minimum absolute atomic E-state index is 0.0400. The highest BCUT2D eigenvalue weighted by atomic mass is 19.2. The van der Waals surface area contributed by atoms with Crippen molar-refractivity contribution in [1.82, 2.24) is 4.90 Å². The largest absolute Gasteiger partial charge is 0.379 e. The van der Waals surface area contributed by atoms with Crippen LogP contribution in [-0.4, -0.2) is 34.6 Å². The van der Waals surface area contributed by atoms with Crippen molar-refractivity contribution in [1.29, 1.82) is 0 Å². The lowest BCUT2D eigenvalue weighted by Crippen LogP contribution is -2.55. The predicted molar refractivity (Wildman–Crippen MR) is 65.0 cm³/mol. The van der Waals surface area contributed by atoms with Crippen LogP contribution in [0.2, 0.25) is 0 Å². The van der Waals surface area contributed by atoms with Crippen LogP contribution in [0, 0.1) is 11.6 Å². The van der Waals surface area contributed by atoms with Gasteiger partial charge in [-0.1, -0.05) is 12.1 Å². The van der Waals surface area contributed by atoms with Gasteiger partial charge in [0.2, 0.25) is 0 Å². The molecule has 2 rings (SSSR count). The van der Waals surface area contributed by atoms with Gasteiger partial charge in [-0.15, -0.1) is 0 Å². The molecule has 0 bridgehead atoms. The first-order valence-corrected chi connectivity index (χ1v) is 6.10. The minimum atomic E-state index is -1.58. The number of piperidine rings is 1. The Morgan fingerprint density at radius 2 is 2.21 bits per heavy atom. The normalized spacial score (nSPS) is 24.4. The van der Waals surface area contributed by atoms with E-state index >= 15 is 0 Å². The Hall–Kier alpha value is -1.53. The first-order chi connectivity index (χ1) is 8.92. The van der Waals surface area contributed by atoms with Crippen LogP contribution in [0.5, 0.6) is 0 Å². The zero-order valence-corrected chi connectivity index (χ0v) is 10.4. The van der Waals surface area contributed by atoms with E-state index in [1.165, 1.54) is 12.1 Å². The number of β-amino-alcohol motifs (C(OH)–C–C–N with tert-alkyl or cyclic N) is 1. The van der Waals surface area contributed by atoms with E-state index in [0.717, 1.165) is 6.07 Å². The molecule has 1 aliphatic rings. The summed E-state index contributed by atoms with van der Waals surface area (Å²) in [5.74, 6) is -2.58. The summed E-state index contributed by atoms with van der Waals surface area (Å²) in [5, 5.41) is 10.0. The van der Waals surface area contributed by atoms with Gasteiger partial charge in [0, 0.05) is 18.7 Å². The Morgan fingerprint density at radius 1 is 1.47 bits per heavy atom. The standard InChI is InChI=1S/C13H16F2N2O2/c14-10-4-1-3-9(11(10)15)7-17-6-2-5-13(19,8-17)12(16)18/h1,3-4,19H,2,5-8H2,(H2,16,18)/t13-/m0/s1. The number of aliphatic hydroxyl groups is 1. The molecule has 104 valence electrons. The Morgan fingerprint density at radius 3 is 2.89 bits per heavy atom. The lowest BCUT2D eigenvalue weighted by atomic mass is 9.92. The Bertz CT molecular complexity index is 496. The maximum absolute atomic E-state index is 13.6. The monoisotopic (exact) mass is 270 g/mol. The van der Waals surface area contributed by atoms with Gasteiger partial charge in [-0.2, -0.15) is 0 Å². The van der Waals surface area contributed by atoms with Gasteiger partial charge in [0.25, 0.3) is 5.91 Å². The summed E-state index contributed by atoms with van der Waals surface area (Å²) in [6, 6.07) is 3.96. The molecule has 1 aromatic rings. The Balaban J connectivity index is 2.11. The van der Waals surface area contributed by atoms with Gasteiger partial charge >= 0.3 is 0 Å². The number of rotatable bonds is 3. The summed E-state index contributed by atoms with van der Waals surface area (Å²) < 4.78 is 26.6. The third-order valence-electron chi connectivity index (χ3n) is 3.43. The van der Waals surface area contributed by atoms with Gasteiger partial charge in [0.05, 0.1) is 0 Å². The van der Waals surface area contributed by atoms with E-state index in [1.54, 1.807) is 4.90 Å². The Labute approximate surface area is 109 Å². The molecule has 0 aromatic heterocycles. The maximum atomic E-state index is 13.6. The lowest BCUT2D eigenvalue weighted by molar-refractivity contribution is -0.142. The molecule has 0 saturated carbocycles. The van der Waals surface area contributed by atoms with Crippen molar-refractivity contribution in [2.24, 2.45) is 5.73 Å². The van der Waals surface area contributed by atoms with Crippen molar-refractivity contribution in [2.45, 2.75) is 25.0 Å². The number of carbonyl (C=O) groups excluding carboxylic acids is 1. The molecular weight excluding hydrogens is 254 g/mol. The molecule has 1 atom stereocenters. The van der Waals surface area contributed by atoms with Crippen LogP contribution in [0.25, 0.3) is 0 Å². The average molecular weight is 270 g/mol. The molecule has 1 heterocycles. The second kappa shape index (κ2) is 5.22. The van der Waals surface area contributed by atoms with Crippen LogP contribution < -0.4 is 5.73 Å². The SMILES string of the molecule is NC(=O)[C@]1(O)CCCN(Cc2cccc(F)c2F)C1. The highest BCUT2D eigenvalue weighted by molar-refractivity contribution is 5.83. The van der Waals surface area contributed by atoms with Crippen LogP contribution in [0.4, 0.5) is 8.78 Å². The fraction of sp³-hybridized carbons (Fsp3) is 0.462. The molecule has 1 aromatic carbocycles. The fourth-order valence-electron chi connectivity index (χ4n) is 2.37. The first kappa shape index (κ1) is 13.9. The molecule has 1 fully saturated rings. The minimum Gasteiger partial charge on any atom is -0.379 e. The average Bonchev–Trinajstić information content (AvgIpc) is 2.35. The number of benzene rings is 1. The summed E-state index contributed by atoms with van der Waals surface area (Å²) in [6.45, 7) is 0.781. The quantitative estimate of drug-likeness (QED) is 0.853. The maximum Gasteiger partial charge on any atom is 0.250 e. The van der Waals surface area contributed by atoms with Crippen molar-refractivity contribution in [2.75, 3.05) is 13.1 Å². The second-order valence-electron chi connectivity index (χ2n) is 4.92. The predicted octanol–water partition coefficient (Wildman–Crippen LogP) is 0.777. The van der Waals surface area contributed by atoms with Gasteiger partial charge in [-0.3, -0.25) is 9.69 Å². The number of carbonyl (C=O) groups is 1. The number of amides is 1. The van der Waals surface area contributed by atoms with Crippen molar-refractivity contribution >= 4 is 5.91 Å². The molecule has 6 heteroatoms. The van der Waals surface area contributed by atoms with Crippen molar-refractivity contribution in [3.05, 3.63) is 35.4 Å². The molecular formula is C13H16F2N2O2. The van der Waals surface area contributed by atoms with Crippen molar-refractivity contribution in [3.63, 3.8) is 0 Å². The second-order valence-corrected chi connectivity index (χ2v) is 4.92. The zero-order chi connectivity index (χ0) is 14.0. The van der Waals surface area contributed by atoms with E-state index in [-0.39, 0.29) is 18.7 Å². The Kier molecular flexibility index (Phi) is 3.82. The number of halogens is 2.